The van der Waals surface area contributed by atoms with Crippen molar-refractivity contribution in [2.24, 2.45) is 0 Å². The van der Waals surface area contributed by atoms with Crippen LogP contribution in [-0.4, -0.2) is 28.0 Å². The SMILES string of the molecule is Cc1cc(C(=O)N2CCCC2Cc2ccccc2)c(C)n1Cc1ccco1. The molecule has 1 aromatic carbocycles. The van der Waals surface area contributed by atoms with Crippen molar-refractivity contribution in [3.05, 3.63) is 83.1 Å². The van der Waals surface area contributed by atoms with Gasteiger partial charge in [-0.05, 0) is 56.9 Å². The van der Waals surface area contributed by atoms with Crippen molar-refractivity contribution in [3.8, 4) is 0 Å². The Balaban J connectivity index is 1.55. The van der Waals surface area contributed by atoms with E-state index in [1.54, 1.807) is 6.26 Å². The summed E-state index contributed by atoms with van der Waals surface area (Å²) in [6, 6.07) is 16.6. The zero-order valence-electron chi connectivity index (χ0n) is 16.0. The fourth-order valence-electron chi connectivity index (χ4n) is 4.18. The molecule has 140 valence electrons. The van der Waals surface area contributed by atoms with Gasteiger partial charge in [-0.3, -0.25) is 4.79 Å². The molecular weight excluding hydrogens is 336 g/mol. The average molecular weight is 362 g/mol. The fourth-order valence-corrected chi connectivity index (χ4v) is 4.18. The van der Waals surface area contributed by atoms with Gasteiger partial charge in [0.05, 0.1) is 18.4 Å². The number of amides is 1. The van der Waals surface area contributed by atoms with Gasteiger partial charge < -0.3 is 13.9 Å². The first-order valence-corrected chi connectivity index (χ1v) is 9.67. The zero-order valence-corrected chi connectivity index (χ0v) is 16.0. The lowest BCUT2D eigenvalue weighted by molar-refractivity contribution is 0.0735. The first-order chi connectivity index (χ1) is 13.1. The molecule has 2 aromatic heterocycles. The lowest BCUT2D eigenvalue weighted by Gasteiger charge is -2.25. The average Bonchev–Trinajstić information content (AvgIpc) is 3.40. The van der Waals surface area contributed by atoms with Crippen molar-refractivity contribution in [1.29, 1.82) is 0 Å². The molecule has 3 aromatic rings. The summed E-state index contributed by atoms with van der Waals surface area (Å²) in [5, 5.41) is 0. The summed E-state index contributed by atoms with van der Waals surface area (Å²) in [5.41, 5.74) is 4.22. The van der Waals surface area contributed by atoms with E-state index in [-0.39, 0.29) is 11.9 Å². The second kappa shape index (κ2) is 7.47. The van der Waals surface area contributed by atoms with Crippen LogP contribution in [0.1, 0.15) is 45.9 Å². The van der Waals surface area contributed by atoms with Crippen molar-refractivity contribution >= 4 is 5.91 Å². The Morgan fingerprint density at radius 3 is 2.70 bits per heavy atom. The number of carbonyl (C=O) groups is 1. The second-order valence-corrected chi connectivity index (χ2v) is 7.43. The van der Waals surface area contributed by atoms with E-state index in [0.717, 1.165) is 48.5 Å². The van der Waals surface area contributed by atoms with Gasteiger partial charge in [0, 0.05) is 24.0 Å². The monoisotopic (exact) mass is 362 g/mol. The van der Waals surface area contributed by atoms with E-state index < -0.39 is 0 Å². The lowest BCUT2D eigenvalue weighted by atomic mass is 10.0. The molecule has 1 atom stereocenters. The second-order valence-electron chi connectivity index (χ2n) is 7.43. The molecule has 4 rings (SSSR count). The number of rotatable bonds is 5. The maximum atomic E-state index is 13.3. The van der Waals surface area contributed by atoms with Gasteiger partial charge >= 0.3 is 0 Å². The van der Waals surface area contributed by atoms with E-state index >= 15 is 0 Å². The summed E-state index contributed by atoms with van der Waals surface area (Å²) in [6.07, 6.45) is 4.77. The first-order valence-electron chi connectivity index (χ1n) is 9.67. The van der Waals surface area contributed by atoms with E-state index in [1.807, 2.05) is 31.2 Å². The molecule has 1 saturated heterocycles. The van der Waals surface area contributed by atoms with Gasteiger partial charge in [-0.25, -0.2) is 0 Å². The number of carbonyl (C=O) groups excluding carboxylic acids is 1. The highest BCUT2D eigenvalue weighted by Gasteiger charge is 2.31. The van der Waals surface area contributed by atoms with Crippen LogP contribution in [0.3, 0.4) is 0 Å². The zero-order chi connectivity index (χ0) is 18.8. The highest BCUT2D eigenvalue weighted by Crippen LogP contribution is 2.26. The summed E-state index contributed by atoms with van der Waals surface area (Å²) < 4.78 is 7.65. The fraction of sp³-hybridized carbons (Fsp3) is 0.348. The standard InChI is InChI=1S/C23H26N2O2/c1-17-14-22(18(2)25(17)16-21-11-7-13-27-21)23(26)24-12-6-10-20(24)15-19-8-4-3-5-9-19/h3-5,7-9,11,13-14,20H,6,10,12,15-16H2,1-2H3. The number of hydrogen-bond acceptors (Lipinski definition) is 2. The normalized spacial score (nSPS) is 16.8. The largest absolute Gasteiger partial charge is 0.467 e. The molecule has 0 spiro atoms. The molecule has 1 fully saturated rings. The van der Waals surface area contributed by atoms with Crippen LogP contribution >= 0.6 is 0 Å². The molecule has 0 saturated carbocycles. The Morgan fingerprint density at radius 1 is 1.15 bits per heavy atom. The third-order valence-corrected chi connectivity index (χ3v) is 5.65. The number of likely N-dealkylation sites (tertiary alicyclic amines) is 1. The first kappa shape index (κ1) is 17.7. The summed E-state index contributed by atoms with van der Waals surface area (Å²) in [7, 11) is 0. The smallest absolute Gasteiger partial charge is 0.255 e. The van der Waals surface area contributed by atoms with Gasteiger partial charge in [-0.1, -0.05) is 30.3 Å². The number of hydrogen-bond donors (Lipinski definition) is 0. The number of furan rings is 1. The molecule has 27 heavy (non-hydrogen) atoms. The Kier molecular flexibility index (Phi) is 4.88. The molecule has 1 unspecified atom stereocenters. The number of benzene rings is 1. The highest BCUT2D eigenvalue weighted by atomic mass is 16.3. The molecular formula is C23H26N2O2. The van der Waals surface area contributed by atoms with Crippen LogP contribution in [0.2, 0.25) is 0 Å². The molecule has 4 heteroatoms. The molecule has 1 aliphatic heterocycles. The Bertz CT molecular complexity index is 910. The van der Waals surface area contributed by atoms with E-state index in [2.05, 4.69) is 40.7 Å². The van der Waals surface area contributed by atoms with E-state index in [0.29, 0.717) is 6.54 Å². The number of aromatic nitrogens is 1. The number of nitrogens with zero attached hydrogens (tertiary/aromatic N) is 2. The maximum Gasteiger partial charge on any atom is 0.255 e. The quantitative estimate of drug-likeness (QED) is 0.666. The molecule has 1 amide bonds. The van der Waals surface area contributed by atoms with Crippen molar-refractivity contribution in [2.45, 2.75) is 45.7 Å². The van der Waals surface area contributed by atoms with Crippen molar-refractivity contribution in [1.82, 2.24) is 9.47 Å². The third-order valence-electron chi connectivity index (χ3n) is 5.65. The van der Waals surface area contributed by atoms with Gasteiger partial charge in [0.15, 0.2) is 0 Å². The van der Waals surface area contributed by atoms with Crippen molar-refractivity contribution in [3.63, 3.8) is 0 Å². The summed E-state index contributed by atoms with van der Waals surface area (Å²) >= 11 is 0. The van der Waals surface area contributed by atoms with Crippen LogP contribution in [0.25, 0.3) is 0 Å². The molecule has 0 bridgehead atoms. The minimum atomic E-state index is 0.159. The Hall–Kier alpha value is -2.75. The molecule has 4 nitrogen and oxygen atoms in total. The van der Waals surface area contributed by atoms with Gasteiger partial charge in [-0.2, -0.15) is 0 Å². The third kappa shape index (κ3) is 3.57. The van der Waals surface area contributed by atoms with Gasteiger partial charge in [0.25, 0.3) is 5.91 Å². The summed E-state index contributed by atoms with van der Waals surface area (Å²) in [5.74, 6) is 1.06. The van der Waals surface area contributed by atoms with Crippen molar-refractivity contribution < 1.29 is 9.21 Å². The van der Waals surface area contributed by atoms with Crippen LogP contribution in [0.4, 0.5) is 0 Å². The molecule has 0 N–H and O–H groups in total. The summed E-state index contributed by atoms with van der Waals surface area (Å²) in [4.78, 5) is 15.4. The van der Waals surface area contributed by atoms with E-state index in [1.165, 1.54) is 5.56 Å². The highest BCUT2D eigenvalue weighted by molar-refractivity contribution is 5.96. The maximum absolute atomic E-state index is 13.3. The van der Waals surface area contributed by atoms with Crippen LogP contribution in [-0.2, 0) is 13.0 Å². The Labute approximate surface area is 160 Å². The number of aryl methyl sites for hydroxylation is 1. The van der Waals surface area contributed by atoms with Crippen LogP contribution < -0.4 is 0 Å². The lowest BCUT2D eigenvalue weighted by Crippen LogP contribution is -2.37. The Morgan fingerprint density at radius 2 is 1.96 bits per heavy atom. The van der Waals surface area contributed by atoms with Gasteiger partial charge in [0.2, 0.25) is 0 Å². The van der Waals surface area contributed by atoms with E-state index in [9.17, 15) is 4.79 Å². The predicted octanol–water partition coefficient (Wildman–Crippen LogP) is 4.59. The minimum Gasteiger partial charge on any atom is -0.467 e. The topological polar surface area (TPSA) is 38.4 Å². The van der Waals surface area contributed by atoms with Crippen LogP contribution in [0, 0.1) is 13.8 Å². The van der Waals surface area contributed by atoms with Crippen LogP contribution in [0.15, 0.2) is 59.2 Å². The molecule has 1 aliphatic rings. The van der Waals surface area contributed by atoms with Gasteiger partial charge in [-0.15, -0.1) is 0 Å². The van der Waals surface area contributed by atoms with Gasteiger partial charge in [0.1, 0.15) is 5.76 Å². The minimum absolute atomic E-state index is 0.159. The predicted molar refractivity (Wildman–Crippen MR) is 106 cm³/mol. The van der Waals surface area contributed by atoms with Crippen LogP contribution in [0.5, 0.6) is 0 Å². The van der Waals surface area contributed by atoms with E-state index in [4.69, 9.17) is 4.42 Å². The molecule has 0 radical (unpaired) electrons. The molecule has 3 heterocycles. The van der Waals surface area contributed by atoms with Crippen molar-refractivity contribution in [2.75, 3.05) is 6.54 Å². The summed E-state index contributed by atoms with van der Waals surface area (Å²) in [6.45, 7) is 5.59. The molecule has 0 aliphatic carbocycles.